The van der Waals surface area contributed by atoms with Crippen molar-refractivity contribution < 1.29 is 19.1 Å². The Morgan fingerprint density at radius 1 is 1.11 bits per heavy atom. The lowest BCUT2D eigenvalue weighted by Gasteiger charge is -2.04. The normalized spacial score (nSPS) is 10.4. The summed E-state index contributed by atoms with van der Waals surface area (Å²) in [5.41, 5.74) is 1.81. The van der Waals surface area contributed by atoms with Gasteiger partial charge in [-0.25, -0.2) is 4.68 Å². The van der Waals surface area contributed by atoms with Gasteiger partial charge >= 0.3 is 5.97 Å². The molecule has 27 heavy (non-hydrogen) atoms. The molecule has 0 spiro atoms. The zero-order valence-corrected chi connectivity index (χ0v) is 15.1. The number of carbonyl (C=O) groups is 3. The Hall–Kier alpha value is -3.26. The summed E-state index contributed by atoms with van der Waals surface area (Å²) in [6, 6.07) is 12.9. The van der Waals surface area contributed by atoms with Gasteiger partial charge in [0.15, 0.2) is 6.61 Å². The Morgan fingerprint density at radius 2 is 1.93 bits per heavy atom. The lowest BCUT2D eigenvalue weighted by molar-refractivity contribution is -0.148. The monoisotopic (exact) mass is 383 g/mol. The van der Waals surface area contributed by atoms with Gasteiger partial charge in [0.2, 0.25) is 0 Å². The Labute approximate surface area is 159 Å². The smallest absolute Gasteiger partial charge is 0.306 e. The average molecular weight is 383 g/mol. The summed E-state index contributed by atoms with van der Waals surface area (Å²) in [5, 5.41) is 8.17. The van der Waals surface area contributed by atoms with Crippen LogP contribution in [0.5, 0.6) is 0 Å². The SMILES string of the molecule is O=C(COC(=O)CCc1cnn(-c2ccccc2)c1)NC(=O)c1cccs1. The van der Waals surface area contributed by atoms with E-state index in [1.807, 2.05) is 36.5 Å². The third kappa shape index (κ3) is 5.35. The van der Waals surface area contributed by atoms with E-state index < -0.39 is 24.4 Å². The molecule has 0 unspecified atom stereocenters. The molecular weight excluding hydrogens is 366 g/mol. The number of ether oxygens (including phenoxy) is 1. The minimum Gasteiger partial charge on any atom is -0.456 e. The van der Waals surface area contributed by atoms with Crippen LogP contribution in [0.2, 0.25) is 0 Å². The number of nitrogens with one attached hydrogen (secondary N) is 1. The van der Waals surface area contributed by atoms with Crippen LogP contribution in [0.25, 0.3) is 5.69 Å². The molecule has 0 atom stereocenters. The van der Waals surface area contributed by atoms with Crippen LogP contribution in [0.4, 0.5) is 0 Å². The zero-order valence-electron chi connectivity index (χ0n) is 14.3. The van der Waals surface area contributed by atoms with Gasteiger partial charge in [0.05, 0.1) is 16.8 Å². The van der Waals surface area contributed by atoms with Gasteiger partial charge in [-0.2, -0.15) is 5.10 Å². The van der Waals surface area contributed by atoms with Crippen molar-refractivity contribution in [1.82, 2.24) is 15.1 Å². The van der Waals surface area contributed by atoms with E-state index in [0.29, 0.717) is 11.3 Å². The number of esters is 1. The first-order chi connectivity index (χ1) is 13.1. The zero-order chi connectivity index (χ0) is 19.1. The molecule has 0 bridgehead atoms. The molecule has 0 aliphatic heterocycles. The van der Waals surface area contributed by atoms with E-state index in [-0.39, 0.29) is 6.42 Å². The van der Waals surface area contributed by atoms with Crippen molar-refractivity contribution in [2.45, 2.75) is 12.8 Å². The number of amides is 2. The Bertz CT molecular complexity index is 920. The lowest BCUT2D eigenvalue weighted by atomic mass is 10.2. The molecule has 0 saturated carbocycles. The minimum absolute atomic E-state index is 0.118. The first kappa shape index (κ1) is 18.5. The third-order valence-electron chi connectivity index (χ3n) is 3.64. The Kier molecular flexibility index (Phi) is 6.11. The van der Waals surface area contributed by atoms with Crippen molar-refractivity contribution in [3.8, 4) is 5.69 Å². The molecule has 0 aliphatic rings. The molecule has 8 heteroatoms. The highest BCUT2D eigenvalue weighted by Gasteiger charge is 2.13. The molecule has 3 rings (SSSR count). The number of aromatic nitrogens is 2. The number of nitrogens with zero attached hydrogens (tertiary/aromatic N) is 2. The van der Waals surface area contributed by atoms with Crippen LogP contribution in [0, 0.1) is 0 Å². The molecule has 2 aromatic heterocycles. The summed E-state index contributed by atoms with van der Waals surface area (Å²) in [6.45, 7) is -0.487. The molecule has 0 fully saturated rings. The summed E-state index contributed by atoms with van der Waals surface area (Å²) in [5.74, 6) is -1.67. The summed E-state index contributed by atoms with van der Waals surface area (Å²) in [4.78, 5) is 35.6. The maximum absolute atomic E-state index is 11.8. The molecule has 1 N–H and O–H groups in total. The molecular formula is C19H17N3O4S. The van der Waals surface area contributed by atoms with E-state index in [1.165, 1.54) is 11.3 Å². The van der Waals surface area contributed by atoms with E-state index in [0.717, 1.165) is 11.3 Å². The maximum atomic E-state index is 11.8. The predicted octanol–water partition coefficient (Wildman–Crippen LogP) is 2.37. The molecule has 1 aromatic carbocycles. The van der Waals surface area contributed by atoms with E-state index in [2.05, 4.69) is 10.4 Å². The van der Waals surface area contributed by atoms with E-state index >= 15 is 0 Å². The summed E-state index contributed by atoms with van der Waals surface area (Å²) < 4.78 is 6.63. The number of rotatable bonds is 7. The first-order valence-corrected chi connectivity index (χ1v) is 9.12. The van der Waals surface area contributed by atoms with Gasteiger partial charge in [-0.05, 0) is 35.6 Å². The first-order valence-electron chi connectivity index (χ1n) is 8.24. The highest BCUT2D eigenvalue weighted by molar-refractivity contribution is 7.12. The number of carbonyl (C=O) groups excluding carboxylic acids is 3. The Morgan fingerprint density at radius 3 is 2.67 bits per heavy atom. The molecule has 2 amide bonds. The standard InChI is InChI=1S/C19H17N3O4S/c23-17(21-19(25)16-7-4-10-27-16)13-26-18(24)9-8-14-11-20-22(12-14)15-5-2-1-3-6-15/h1-7,10-12H,8-9,13H2,(H,21,23,25). The molecule has 0 saturated heterocycles. The van der Waals surface area contributed by atoms with Gasteiger partial charge in [0.1, 0.15) is 0 Å². The van der Waals surface area contributed by atoms with Gasteiger partial charge in [-0.3, -0.25) is 19.7 Å². The van der Waals surface area contributed by atoms with Gasteiger partial charge in [0.25, 0.3) is 11.8 Å². The lowest BCUT2D eigenvalue weighted by Crippen LogP contribution is -2.33. The van der Waals surface area contributed by atoms with E-state index in [4.69, 9.17) is 4.74 Å². The fourth-order valence-corrected chi connectivity index (χ4v) is 2.93. The van der Waals surface area contributed by atoms with Crippen LogP contribution in [-0.4, -0.2) is 34.2 Å². The molecule has 0 radical (unpaired) electrons. The number of imide groups is 1. The van der Waals surface area contributed by atoms with E-state index in [9.17, 15) is 14.4 Å². The number of para-hydroxylation sites is 1. The molecule has 138 valence electrons. The maximum Gasteiger partial charge on any atom is 0.306 e. The predicted molar refractivity (Wildman–Crippen MR) is 99.6 cm³/mol. The number of aryl methyl sites for hydroxylation is 1. The largest absolute Gasteiger partial charge is 0.456 e. The second-order valence-corrected chi connectivity index (χ2v) is 6.59. The van der Waals surface area contributed by atoms with Crippen LogP contribution < -0.4 is 5.32 Å². The van der Waals surface area contributed by atoms with Crippen LogP contribution in [0.3, 0.4) is 0 Å². The third-order valence-corrected chi connectivity index (χ3v) is 4.51. The second-order valence-electron chi connectivity index (χ2n) is 5.64. The molecule has 0 aliphatic carbocycles. The summed E-state index contributed by atoms with van der Waals surface area (Å²) in [7, 11) is 0. The number of benzene rings is 1. The summed E-state index contributed by atoms with van der Waals surface area (Å²) in [6.07, 6.45) is 4.09. The minimum atomic E-state index is -0.654. The van der Waals surface area contributed by atoms with Crippen LogP contribution in [0.15, 0.2) is 60.2 Å². The molecule has 2 heterocycles. The topological polar surface area (TPSA) is 90.3 Å². The van der Waals surface area contributed by atoms with Crippen molar-refractivity contribution in [3.05, 3.63) is 70.7 Å². The van der Waals surface area contributed by atoms with Gasteiger partial charge in [0, 0.05) is 12.6 Å². The van der Waals surface area contributed by atoms with Crippen molar-refractivity contribution in [1.29, 1.82) is 0 Å². The van der Waals surface area contributed by atoms with E-state index in [1.54, 1.807) is 28.4 Å². The second kappa shape index (κ2) is 8.91. The van der Waals surface area contributed by atoms with Crippen molar-refractivity contribution in [2.75, 3.05) is 6.61 Å². The quantitative estimate of drug-likeness (QED) is 0.633. The summed E-state index contributed by atoms with van der Waals surface area (Å²) >= 11 is 1.22. The van der Waals surface area contributed by atoms with Crippen molar-refractivity contribution in [2.24, 2.45) is 0 Å². The van der Waals surface area contributed by atoms with Gasteiger partial charge in [-0.15, -0.1) is 11.3 Å². The van der Waals surface area contributed by atoms with Crippen molar-refractivity contribution >= 4 is 29.1 Å². The fourth-order valence-electron chi connectivity index (χ4n) is 2.31. The van der Waals surface area contributed by atoms with Crippen molar-refractivity contribution in [3.63, 3.8) is 0 Å². The van der Waals surface area contributed by atoms with Crippen LogP contribution in [0.1, 0.15) is 21.7 Å². The average Bonchev–Trinajstić information content (AvgIpc) is 3.37. The van der Waals surface area contributed by atoms with Gasteiger partial charge < -0.3 is 4.74 Å². The highest BCUT2D eigenvalue weighted by atomic mass is 32.1. The molecule has 7 nitrogen and oxygen atoms in total. The Balaban J connectivity index is 1.40. The van der Waals surface area contributed by atoms with Crippen LogP contribution >= 0.6 is 11.3 Å². The number of hydrogen-bond acceptors (Lipinski definition) is 6. The number of thiophene rings is 1. The number of hydrogen-bond donors (Lipinski definition) is 1. The fraction of sp³-hybridized carbons (Fsp3) is 0.158. The molecule has 3 aromatic rings. The van der Waals surface area contributed by atoms with Gasteiger partial charge in [-0.1, -0.05) is 24.3 Å². The highest BCUT2D eigenvalue weighted by Crippen LogP contribution is 2.10. The van der Waals surface area contributed by atoms with Crippen LogP contribution in [-0.2, 0) is 20.7 Å².